The number of morpholine rings is 1. The first kappa shape index (κ1) is 15.3. The molecule has 0 aliphatic carbocycles. The predicted octanol–water partition coefficient (Wildman–Crippen LogP) is 1.58. The van der Waals surface area contributed by atoms with E-state index in [1.165, 1.54) is 12.0 Å². The molecule has 1 fully saturated rings. The predicted molar refractivity (Wildman–Crippen MR) is 79.8 cm³/mol. The number of benzene rings is 1. The van der Waals surface area contributed by atoms with Gasteiger partial charge >= 0.3 is 11.9 Å². The van der Waals surface area contributed by atoms with Crippen molar-refractivity contribution >= 4 is 17.8 Å². The first-order valence-corrected chi connectivity index (χ1v) is 7.41. The van der Waals surface area contributed by atoms with E-state index in [2.05, 4.69) is 0 Å². The van der Waals surface area contributed by atoms with Gasteiger partial charge in [0.15, 0.2) is 0 Å². The van der Waals surface area contributed by atoms with Crippen LogP contribution < -0.4 is 0 Å². The molecule has 0 unspecified atom stereocenters. The Hall–Kier alpha value is -2.63. The van der Waals surface area contributed by atoms with Crippen LogP contribution in [0.4, 0.5) is 0 Å². The summed E-state index contributed by atoms with van der Waals surface area (Å²) in [6.45, 7) is 1.80. The van der Waals surface area contributed by atoms with E-state index in [1.807, 2.05) is 30.3 Å². The Morgan fingerprint density at radius 1 is 1.26 bits per heavy atom. The number of hydrogen-bond acceptors (Lipinski definition) is 5. The number of esters is 2. The van der Waals surface area contributed by atoms with Crippen molar-refractivity contribution < 1.29 is 23.9 Å². The Balaban J connectivity index is 2.14. The van der Waals surface area contributed by atoms with Gasteiger partial charge in [0, 0.05) is 6.42 Å². The summed E-state index contributed by atoms with van der Waals surface area (Å²) in [5, 5.41) is 0. The van der Waals surface area contributed by atoms with E-state index >= 15 is 0 Å². The molecule has 0 bridgehead atoms. The highest BCUT2D eigenvalue weighted by Crippen LogP contribution is 2.38. The second-order valence-corrected chi connectivity index (χ2v) is 5.65. The zero-order valence-corrected chi connectivity index (χ0v) is 12.9. The van der Waals surface area contributed by atoms with Gasteiger partial charge in [0.05, 0.1) is 18.7 Å². The number of ether oxygens (including phenoxy) is 2. The Bertz CT molecular complexity index is 694. The van der Waals surface area contributed by atoms with Gasteiger partial charge in [-0.15, -0.1) is 0 Å². The second kappa shape index (κ2) is 5.87. The normalized spacial score (nSPS) is 24.2. The molecule has 1 amide bonds. The number of cyclic esters (lactones) is 1. The summed E-state index contributed by atoms with van der Waals surface area (Å²) in [5.41, 5.74) is 1.07. The lowest BCUT2D eigenvalue weighted by atomic mass is 9.88. The van der Waals surface area contributed by atoms with Gasteiger partial charge in [-0.3, -0.25) is 9.69 Å². The molecule has 23 heavy (non-hydrogen) atoms. The highest BCUT2D eigenvalue weighted by Gasteiger charge is 2.45. The maximum atomic E-state index is 12.6. The monoisotopic (exact) mass is 315 g/mol. The van der Waals surface area contributed by atoms with E-state index in [1.54, 1.807) is 6.92 Å². The number of hydrogen-bond donors (Lipinski definition) is 0. The molecule has 3 rings (SSSR count). The molecule has 6 heteroatoms. The third-order valence-electron chi connectivity index (χ3n) is 4.21. The molecule has 2 heterocycles. The van der Waals surface area contributed by atoms with Gasteiger partial charge in [0.25, 0.3) is 0 Å². The lowest BCUT2D eigenvalue weighted by molar-refractivity contribution is -0.158. The zero-order chi connectivity index (χ0) is 16.6. The first-order chi connectivity index (χ1) is 11.0. The van der Waals surface area contributed by atoms with Crippen LogP contribution in [0.3, 0.4) is 0 Å². The van der Waals surface area contributed by atoms with Gasteiger partial charge in [-0.05, 0) is 11.5 Å². The highest BCUT2D eigenvalue weighted by atomic mass is 16.5. The molecule has 6 nitrogen and oxygen atoms in total. The molecule has 0 N–H and O–H groups in total. The summed E-state index contributed by atoms with van der Waals surface area (Å²) in [7, 11) is 1.26. The van der Waals surface area contributed by atoms with Gasteiger partial charge < -0.3 is 9.47 Å². The smallest absolute Gasteiger partial charge is 0.355 e. The van der Waals surface area contributed by atoms with Crippen LogP contribution in [-0.4, -0.2) is 36.5 Å². The molecule has 1 saturated heterocycles. The molecular formula is C17H17NO5. The van der Waals surface area contributed by atoms with Crippen molar-refractivity contribution in [1.82, 2.24) is 4.90 Å². The van der Waals surface area contributed by atoms with Gasteiger partial charge in [0.1, 0.15) is 12.3 Å². The standard InChI is InChI=1S/C17H17NO5/c1-10-8-13(19)18-12(11-6-4-3-5-7-11)9-23-17(21)15(18)14(10)16(20)22-2/h3-7,10,12H,8-9H2,1-2H3/t10-,12+/m0/s1. The molecule has 2 atom stereocenters. The average molecular weight is 315 g/mol. The number of amides is 1. The summed E-state index contributed by atoms with van der Waals surface area (Å²) in [6, 6.07) is 8.88. The van der Waals surface area contributed by atoms with E-state index < -0.39 is 18.0 Å². The molecule has 0 spiro atoms. The van der Waals surface area contributed by atoms with Crippen molar-refractivity contribution in [2.24, 2.45) is 5.92 Å². The summed E-state index contributed by atoms with van der Waals surface area (Å²) in [4.78, 5) is 38.3. The molecule has 2 aliphatic rings. The summed E-state index contributed by atoms with van der Waals surface area (Å²) in [6.07, 6.45) is 0.157. The van der Waals surface area contributed by atoms with Crippen molar-refractivity contribution in [3.8, 4) is 0 Å². The van der Waals surface area contributed by atoms with Crippen LogP contribution in [0, 0.1) is 5.92 Å². The number of nitrogens with zero attached hydrogens (tertiary/aromatic N) is 1. The van der Waals surface area contributed by atoms with Crippen LogP contribution in [-0.2, 0) is 23.9 Å². The van der Waals surface area contributed by atoms with Crippen LogP contribution in [0.15, 0.2) is 41.6 Å². The number of fused-ring (bicyclic) bond motifs is 1. The molecule has 1 aromatic rings. The van der Waals surface area contributed by atoms with Crippen LogP contribution in [0.25, 0.3) is 0 Å². The minimum Gasteiger partial charge on any atom is -0.466 e. The Labute approximate surface area is 133 Å². The van der Waals surface area contributed by atoms with E-state index in [-0.39, 0.29) is 36.1 Å². The maximum absolute atomic E-state index is 12.6. The molecule has 0 saturated carbocycles. The van der Waals surface area contributed by atoms with E-state index in [9.17, 15) is 14.4 Å². The maximum Gasteiger partial charge on any atom is 0.355 e. The molecule has 2 aliphatic heterocycles. The fourth-order valence-electron chi connectivity index (χ4n) is 3.11. The van der Waals surface area contributed by atoms with Gasteiger partial charge in [-0.2, -0.15) is 0 Å². The zero-order valence-electron chi connectivity index (χ0n) is 12.9. The van der Waals surface area contributed by atoms with Crippen molar-refractivity contribution in [2.75, 3.05) is 13.7 Å². The Morgan fingerprint density at radius 2 is 1.96 bits per heavy atom. The Morgan fingerprint density at radius 3 is 2.61 bits per heavy atom. The largest absolute Gasteiger partial charge is 0.466 e. The van der Waals surface area contributed by atoms with E-state index in [0.29, 0.717) is 0 Å². The van der Waals surface area contributed by atoms with Gasteiger partial charge in [-0.25, -0.2) is 9.59 Å². The van der Waals surface area contributed by atoms with Gasteiger partial charge in [0.2, 0.25) is 5.91 Å². The number of methoxy groups -OCH3 is 1. The second-order valence-electron chi connectivity index (χ2n) is 5.65. The number of carbonyl (C=O) groups excluding carboxylic acids is 3. The van der Waals surface area contributed by atoms with Crippen LogP contribution in [0.5, 0.6) is 0 Å². The molecule has 1 aromatic carbocycles. The lowest BCUT2D eigenvalue weighted by Gasteiger charge is -2.41. The minimum absolute atomic E-state index is 0.0145. The molecule has 120 valence electrons. The van der Waals surface area contributed by atoms with Crippen molar-refractivity contribution in [1.29, 1.82) is 0 Å². The van der Waals surface area contributed by atoms with E-state index in [0.717, 1.165) is 5.56 Å². The Kier molecular flexibility index (Phi) is 3.90. The third-order valence-corrected chi connectivity index (χ3v) is 4.21. The van der Waals surface area contributed by atoms with Crippen molar-refractivity contribution in [3.63, 3.8) is 0 Å². The number of rotatable bonds is 2. The van der Waals surface area contributed by atoms with Crippen LogP contribution in [0.1, 0.15) is 24.9 Å². The first-order valence-electron chi connectivity index (χ1n) is 7.41. The SMILES string of the molecule is COC(=O)C1=C2C(=O)OC[C@H](c3ccccc3)N2C(=O)C[C@@H]1C. The quantitative estimate of drug-likeness (QED) is 0.775. The highest BCUT2D eigenvalue weighted by molar-refractivity contribution is 6.05. The summed E-state index contributed by atoms with van der Waals surface area (Å²) < 4.78 is 10.0. The topological polar surface area (TPSA) is 72.9 Å². The van der Waals surface area contributed by atoms with Crippen LogP contribution in [0.2, 0.25) is 0 Å². The lowest BCUT2D eigenvalue weighted by Crippen LogP contribution is -2.49. The van der Waals surface area contributed by atoms with Gasteiger partial charge in [-0.1, -0.05) is 37.3 Å². The van der Waals surface area contributed by atoms with Crippen molar-refractivity contribution in [2.45, 2.75) is 19.4 Å². The molecule has 0 aromatic heterocycles. The number of carbonyl (C=O) groups is 3. The van der Waals surface area contributed by atoms with E-state index in [4.69, 9.17) is 9.47 Å². The van der Waals surface area contributed by atoms with Crippen LogP contribution >= 0.6 is 0 Å². The summed E-state index contributed by atoms with van der Waals surface area (Å²) >= 11 is 0. The minimum atomic E-state index is -0.655. The fraction of sp³-hybridized carbons (Fsp3) is 0.353. The van der Waals surface area contributed by atoms with Crippen molar-refractivity contribution in [3.05, 3.63) is 47.2 Å². The molecule has 0 radical (unpaired) electrons. The fourth-order valence-corrected chi connectivity index (χ4v) is 3.11. The average Bonchev–Trinajstić information content (AvgIpc) is 2.56. The third kappa shape index (κ3) is 2.50. The summed E-state index contributed by atoms with van der Waals surface area (Å²) in [5.74, 6) is -1.83. The molecular weight excluding hydrogens is 298 g/mol.